The van der Waals surface area contributed by atoms with Crippen LogP contribution in [-0.4, -0.2) is 37.6 Å². The molecule has 1 aliphatic rings. The van der Waals surface area contributed by atoms with Crippen LogP contribution in [-0.2, 0) is 14.8 Å². The average Bonchev–Trinajstić information content (AvgIpc) is 2.54. The van der Waals surface area contributed by atoms with E-state index in [1.165, 1.54) is 13.2 Å². The van der Waals surface area contributed by atoms with Gasteiger partial charge in [-0.2, -0.15) is 0 Å². The lowest BCUT2D eigenvalue weighted by molar-refractivity contribution is -0.387. The summed E-state index contributed by atoms with van der Waals surface area (Å²) in [5.74, 6) is -1.18. The number of ether oxygens (including phenoxy) is 1. The largest absolute Gasteiger partial charge is 0.497 e. The van der Waals surface area contributed by atoms with E-state index >= 15 is 0 Å². The summed E-state index contributed by atoms with van der Waals surface area (Å²) in [6, 6.07) is 3.08. The van der Waals surface area contributed by atoms with Crippen LogP contribution in [0.25, 0.3) is 0 Å². The van der Waals surface area contributed by atoms with Gasteiger partial charge in [0.2, 0.25) is 10.0 Å². The summed E-state index contributed by atoms with van der Waals surface area (Å²) < 4.78 is 32.3. The Labute approximate surface area is 138 Å². The van der Waals surface area contributed by atoms with E-state index in [0.29, 0.717) is 25.7 Å². The van der Waals surface area contributed by atoms with Gasteiger partial charge in [-0.05, 0) is 37.8 Å². The molecule has 1 aromatic rings. The predicted molar refractivity (Wildman–Crippen MR) is 83.4 cm³/mol. The monoisotopic (exact) mass is 358 g/mol. The summed E-state index contributed by atoms with van der Waals surface area (Å²) >= 11 is 0. The van der Waals surface area contributed by atoms with E-state index in [1.807, 2.05) is 0 Å². The molecule has 2 N–H and O–H groups in total. The summed E-state index contributed by atoms with van der Waals surface area (Å²) in [5, 5.41) is 20.1. The van der Waals surface area contributed by atoms with Crippen molar-refractivity contribution in [2.75, 3.05) is 7.11 Å². The number of nitrogens with zero attached hydrogens (tertiary/aromatic N) is 1. The number of nitro groups is 1. The van der Waals surface area contributed by atoms with Crippen LogP contribution < -0.4 is 9.46 Å². The Hall–Kier alpha value is -2.20. The fraction of sp³-hybridized carbons (Fsp3) is 0.500. The second-order valence-electron chi connectivity index (χ2n) is 5.60. The smallest absolute Gasteiger partial charge is 0.306 e. The fourth-order valence-electron chi connectivity index (χ4n) is 2.74. The molecule has 132 valence electrons. The first kappa shape index (κ1) is 18.1. The summed E-state index contributed by atoms with van der Waals surface area (Å²) in [7, 11) is -2.77. The van der Waals surface area contributed by atoms with Crippen molar-refractivity contribution in [2.45, 2.75) is 36.6 Å². The highest BCUT2D eigenvalue weighted by atomic mass is 32.2. The molecule has 24 heavy (non-hydrogen) atoms. The molecule has 10 heteroatoms. The Morgan fingerprint density at radius 2 is 1.96 bits per heavy atom. The maximum atomic E-state index is 12.5. The van der Waals surface area contributed by atoms with Gasteiger partial charge >= 0.3 is 5.97 Å². The molecule has 9 nitrogen and oxygen atoms in total. The van der Waals surface area contributed by atoms with E-state index in [0.717, 1.165) is 12.1 Å². The van der Waals surface area contributed by atoms with E-state index in [-0.39, 0.29) is 5.75 Å². The molecule has 0 bridgehead atoms. The van der Waals surface area contributed by atoms with Gasteiger partial charge in [-0.1, -0.05) is 0 Å². The van der Waals surface area contributed by atoms with Crippen molar-refractivity contribution in [3.8, 4) is 5.75 Å². The van der Waals surface area contributed by atoms with Gasteiger partial charge in [0.1, 0.15) is 5.75 Å². The number of rotatable bonds is 6. The van der Waals surface area contributed by atoms with E-state index in [9.17, 15) is 23.3 Å². The van der Waals surface area contributed by atoms with Gasteiger partial charge in [0.05, 0.1) is 24.0 Å². The van der Waals surface area contributed by atoms with Crippen molar-refractivity contribution >= 4 is 21.7 Å². The van der Waals surface area contributed by atoms with Crippen LogP contribution in [0.15, 0.2) is 23.1 Å². The SMILES string of the molecule is COc1ccc(S(=O)(=O)NC2CCC(C(=O)O)CC2)c([N+](=O)[O-])c1. The second-order valence-corrected chi connectivity index (χ2v) is 7.28. The number of carbonyl (C=O) groups is 1. The molecule has 0 heterocycles. The molecule has 0 aromatic heterocycles. The first-order valence-electron chi connectivity index (χ1n) is 7.32. The molecular formula is C14H18N2O7S. The van der Waals surface area contributed by atoms with Gasteiger partial charge in [0.25, 0.3) is 5.69 Å². The van der Waals surface area contributed by atoms with Gasteiger partial charge in [-0.3, -0.25) is 14.9 Å². The number of aliphatic carboxylic acids is 1. The minimum Gasteiger partial charge on any atom is -0.497 e. The van der Waals surface area contributed by atoms with Crippen molar-refractivity contribution in [2.24, 2.45) is 5.92 Å². The number of hydrogen-bond donors (Lipinski definition) is 2. The van der Waals surface area contributed by atoms with Crippen LogP contribution in [0, 0.1) is 16.0 Å². The average molecular weight is 358 g/mol. The predicted octanol–water partition coefficient (Wildman–Crippen LogP) is 1.53. The fourth-order valence-corrected chi connectivity index (χ4v) is 4.19. The zero-order valence-corrected chi connectivity index (χ0v) is 13.8. The Kier molecular flexibility index (Phi) is 5.40. The van der Waals surface area contributed by atoms with Gasteiger partial charge in [0, 0.05) is 6.04 Å². The Morgan fingerprint density at radius 1 is 1.33 bits per heavy atom. The molecule has 1 saturated carbocycles. The highest BCUT2D eigenvalue weighted by Crippen LogP contribution is 2.30. The Morgan fingerprint density at radius 3 is 2.46 bits per heavy atom. The minimum atomic E-state index is -4.09. The van der Waals surface area contributed by atoms with Crippen molar-refractivity contribution in [3.63, 3.8) is 0 Å². The third-order valence-electron chi connectivity index (χ3n) is 4.05. The second kappa shape index (κ2) is 7.14. The standard InChI is InChI=1S/C14H18N2O7S/c1-23-11-6-7-13(12(8-11)16(19)20)24(21,22)15-10-4-2-9(3-5-10)14(17)18/h6-10,15H,2-5H2,1H3,(H,17,18). The van der Waals surface area contributed by atoms with Crippen LogP contribution in [0.3, 0.4) is 0 Å². The quantitative estimate of drug-likeness (QED) is 0.581. The molecule has 0 amide bonds. The summed E-state index contributed by atoms with van der Waals surface area (Å²) in [5.41, 5.74) is -0.568. The van der Waals surface area contributed by atoms with Crippen molar-refractivity contribution < 1.29 is 28.0 Å². The maximum absolute atomic E-state index is 12.5. The molecule has 0 saturated heterocycles. The number of hydrogen-bond acceptors (Lipinski definition) is 6. The van der Waals surface area contributed by atoms with Crippen LogP contribution in [0.1, 0.15) is 25.7 Å². The lowest BCUT2D eigenvalue weighted by Gasteiger charge is -2.26. The molecule has 0 spiro atoms. The van der Waals surface area contributed by atoms with E-state index in [4.69, 9.17) is 9.84 Å². The molecule has 1 aromatic carbocycles. The summed E-state index contributed by atoms with van der Waals surface area (Å²) in [4.78, 5) is 20.8. The molecule has 1 aliphatic carbocycles. The van der Waals surface area contributed by atoms with Gasteiger partial charge in [0.15, 0.2) is 4.90 Å². The maximum Gasteiger partial charge on any atom is 0.306 e. The molecule has 0 aliphatic heterocycles. The normalized spacial score (nSPS) is 21.2. The summed E-state index contributed by atoms with van der Waals surface area (Å²) in [6.07, 6.45) is 1.49. The van der Waals surface area contributed by atoms with Crippen LogP contribution in [0.4, 0.5) is 5.69 Å². The number of methoxy groups -OCH3 is 1. The molecular weight excluding hydrogens is 340 g/mol. The number of nitrogens with one attached hydrogen (secondary N) is 1. The molecule has 0 atom stereocenters. The van der Waals surface area contributed by atoms with E-state index in [1.54, 1.807) is 0 Å². The van der Waals surface area contributed by atoms with Crippen LogP contribution in [0.5, 0.6) is 5.75 Å². The summed E-state index contributed by atoms with van der Waals surface area (Å²) in [6.45, 7) is 0. The number of carboxylic acids is 1. The molecule has 2 rings (SSSR count). The third-order valence-corrected chi connectivity index (χ3v) is 5.62. The molecule has 0 radical (unpaired) electrons. The van der Waals surface area contributed by atoms with Crippen molar-refractivity contribution in [3.05, 3.63) is 28.3 Å². The number of benzene rings is 1. The van der Waals surface area contributed by atoms with Gasteiger partial charge in [-0.25, -0.2) is 13.1 Å². The molecule has 1 fully saturated rings. The van der Waals surface area contributed by atoms with E-state index in [2.05, 4.69) is 4.72 Å². The highest BCUT2D eigenvalue weighted by molar-refractivity contribution is 7.89. The lowest BCUT2D eigenvalue weighted by atomic mass is 9.87. The van der Waals surface area contributed by atoms with Gasteiger partial charge < -0.3 is 9.84 Å². The Bertz CT molecular complexity index is 739. The topological polar surface area (TPSA) is 136 Å². The van der Waals surface area contributed by atoms with E-state index < -0.39 is 43.5 Å². The van der Waals surface area contributed by atoms with Gasteiger partial charge in [-0.15, -0.1) is 0 Å². The van der Waals surface area contributed by atoms with Crippen LogP contribution in [0.2, 0.25) is 0 Å². The highest BCUT2D eigenvalue weighted by Gasteiger charge is 2.32. The van der Waals surface area contributed by atoms with Crippen molar-refractivity contribution in [1.82, 2.24) is 4.72 Å². The number of carboxylic acid groups (broad SMARTS) is 1. The number of sulfonamides is 1. The third kappa shape index (κ3) is 4.01. The first-order chi connectivity index (χ1) is 11.2. The zero-order chi connectivity index (χ0) is 17.9. The Balaban J connectivity index is 2.19. The zero-order valence-electron chi connectivity index (χ0n) is 13.0. The van der Waals surface area contributed by atoms with Crippen molar-refractivity contribution in [1.29, 1.82) is 0 Å². The lowest BCUT2D eigenvalue weighted by Crippen LogP contribution is -2.38. The molecule has 0 unspecified atom stereocenters. The van der Waals surface area contributed by atoms with Crippen LogP contribution >= 0.6 is 0 Å². The number of nitro benzene ring substituents is 1. The minimum absolute atomic E-state index is 0.183. The first-order valence-corrected chi connectivity index (χ1v) is 8.80.